The molecule has 0 spiro atoms. The molecule has 2 heterocycles. The Morgan fingerprint density at radius 1 is 0.970 bits per heavy atom. The van der Waals surface area contributed by atoms with Gasteiger partial charge in [-0.25, -0.2) is 0 Å². The molecule has 0 aliphatic carbocycles. The van der Waals surface area contributed by atoms with Crippen molar-refractivity contribution in [3.8, 4) is 17.0 Å². The molecule has 0 bridgehead atoms. The lowest BCUT2D eigenvalue weighted by atomic mass is 10.1. The van der Waals surface area contributed by atoms with Crippen molar-refractivity contribution in [3.63, 3.8) is 0 Å². The van der Waals surface area contributed by atoms with E-state index in [0.717, 1.165) is 30.0 Å². The van der Waals surface area contributed by atoms with E-state index in [1.54, 1.807) is 12.1 Å². The molecule has 1 saturated heterocycles. The van der Waals surface area contributed by atoms with Gasteiger partial charge in [0.15, 0.2) is 5.82 Å². The standard InChI is InChI=1S/C25H26Cl2N4O2/c1-2-3-16-33-20-7-4-18(5-8-20)25(32)31-14-12-30(13-15-31)24-11-10-23(28-29-24)21-9-6-19(26)17-22(21)27/h4-11,17H,2-3,12-16H2,1H3. The first-order chi connectivity index (χ1) is 16.0. The lowest BCUT2D eigenvalue weighted by molar-refractivity contribution is 0.0746. The first-order valence-electron chi connectivity index (χ1n) is 11.1. The fraction of sp³-hybridized carbons (Fsp3) is 0.320. The molecule has 0 atom stereocenters. The van der Waals surface area contributed by atoms with Crippen molar-refractivity contribution >= 4 is 34.9 Å². The average Bonchev–Trinajstić information content (AvgIpc) is 2.85. The van der Waals surface area contributed by atoms with E-state index >= 15 is 0 Å². The van der Waals surface area contributed by atoms with Crippen LogP contribution in [0.1, 0.15) is 30.1 Å². The van der Waals surface area contributed by atoms with E-state index in [1.165, 1.54) is 0 Å². The van der Waals surface area contributed by atoms with Crippen LogP contribution in [0.25, 0.3) is 11.3 Å². The van der Waals surface area contributed by atoms with Gasteiger partial charge in [0, 0.05) is 42.3 Å². The maximum Gasteiger partial charge on any atom is 0.253 e. The summed E-state index contributed by atoms with van der Waals surface area (Å²) in [5.41, 5.74) is 2.16. The van der Waals surface area contributed by atoms with Crippen LogP contribution in [0.5, 0.6) is 5.75 Å². The Kier molecular flexibility index (Phi) is 7.68. The molecule has 1 amide bonds. The van der Waals surface area contributed by atoms with Crippen molar-refractivity contribution in [1.82, 2.24) is 15.1 Å². The van der Waals surface area contributed by atoms with Crippen molar-refractivity contribution in [2.75, 3.05) is 37.7 Å². The third kappa shape index (κ3) is 5.75. The van der Waals surface area contributed by atoms with E-state index in [9.17, 15) is 4.79 Å². The molecule has 6 nitrogen and oxygen atoms in total. The number of unbranched alkanes of at least 4 members (excludes halogenated alkanes) is 1. The highest BCUT2D eigenvalue weighted by molar-refractivity contribution is 6.36. The normalized spacial score (nSPS) is 13.8. The summed E-state index contributed by atoms with van der Waals surface area (Å²) in [7, 11) is 0. The van der Waals surface area contributed by atoms with E-state index in [0.29, 0.717) is 54.1 Å². The zero-order valence-electron chi connectivity index (χ0n) is 18.5. The van der Waals surface area contributed by atoms with Crippen LogP contribution in [0.3, 0.4) is 0 Å². The fourth-order valence-electron chi connectivity index (χ4n) is 3.68. The zero-order chi connectivity index (χ0) is 23.2. The summed E-state index contributed by atoms with van der Waals surface area (Å²) in [5, 5.41) is 9.84. The first-order valence-corrected chi connectivity index (χ1v) is 11.9. The van der Waals surface area contributed by atoms with Gasteiger partial charge in [-0.1, -0.05) is 36.5 Å². The molecule has 8 heteroatoms. The van der Waals surface area contributed by atoms with E-state index in [1.807, 2.05) is 47.4 Å². The molecule has 33 heavy (non-hydrogen) atoms. The number of benzene rings is 2. The van der Waals surface area contributed by atoms with Crippen molar-refractivity contribution in [1.29, 1.82) is 0 Å². The molecule has 2 aromatic carbocycles. The molecule has 0 saturated carbocycles. The highest BCUT2D eigenvalue weighted by atomic mass is 35.5. The summed E-state index contributed by atoms with van der Waals surface area (Å²) in [6, 6.07) is 16.5. The van der Waals surface area contributed by atoms with Crippen LogP contribution in [0, 0.1) is 0 Å². The van der Waals surface area contributed by atoms with Crippen LogP contribution >= 0.6 is 23.2 Å². The minimum Gasteiger partial charge on any atom is -0.494 e. The Hall–Kier alpha value is -2.83. The highest BCUT2D eigenvalue weighted by Crippen LogP contribution is 2.29. The van der Waals surface area contributed by atoms with Gasteiger partial charge < -0.3 is 14.5 Å². The van der Waals surface area contributed by atoms with Gasteiger partial charge in [-0.05, 0) is 61.0 Å². The second-order valence-corrected chi connectivity index (χ2v) is 8.75. The first kappa shape index (κ1) is 23.3. The molecule has 1 aromatic heterocycles. The Morgan fingerprint density at radius 2 is 1.73 bits per heavy atom. The summed E-state index contributed by atoms with van der Waals surface area (Å²) >= 11 is 12.3. The summed E-state index contributed by atoms with van der Waals surface area (Å²) < 4.78 is 5.68. The largest absolute Gasteiger partial charge is 0.494 e. The van der Waals surface area contributed by atoms with Gasteiger partial charge in [0.1, 0.15) is 5.75 Å². The van der Waals surface area contributed by atoms with Crippen LogP contribution < -0.4 is 9.64 Å². The van der Waals surface area contributed by atoms with Gasteiger partial charge in [-0.3, -0.25) is 4.79 Å². The third-order valence-corrected chi connectivity index (χ3v) is 6.16. The fourth-order valence-corrected chi connectivity index (χ4v) is 4.19. The van der Waals surface area contributed by atoms with Crippen LogP contribution in [-0.2, 0) is 0 Å². The minimum atomic E-state index is 0.0357. The maximum atomic E-state index is 12.9. The van der Waals surface area contributed by atoms with E-state index in [-0.39, 0.29) is 5.91 Å². The van der Waals surface area contributed by atoms with E-state index in [4.69, 9.17) is 27.9 Å². The van der Waals surface area contributed by atoms with Crippen molar-refractivity contribution in [2.24, 2.45) is 0 Å². The van der Waals surface area contributed by atoms with Gasteiger partial charge in [-0.2, -0.15) is 0 Å². The smallest absolute Gasteiger partial charge is 0.253 e. The van der Waals surface area contributed by atoms with Crippen molar-refractivity contribution in [3.05, 3.63) is 70.2 Å². The van der Waals surface area contributed by atoms with E-state index in [2.05, 4.69) is 22.0 Å². The quantitative estimate of drug-likeness (QED) is 0.409. The SMILES string of the molecule is CCCCOc1ccc(C(=O)N2CCN(c3ccc(-c4ccc(Cl)cc4Cl)nn3)CC2)cc1. The molecule has 0 radical (unpaired) electrons. The van der Waals surface area contributed by atoms with Gasteiger partial charge in [0.05, 0.1) is 17.3 Å². The number of hydrogen-bond acceptors (Lipinski definition) is 5. The van der Waals surface area contributed by atoms with Crippen LogP contribution in [-0.4, -0.2) is 53.8 Å². The summed E-state index contributed by atoms with van der Waals surface area (Å²) in [4.78, 5) is 16.9. The molecular formula is C25H26Cl2N4O2. The predicted octanol–water partition coefficient (Wildman–Crippen LogP) is 5.59. The third-order valence-electron chi connectivity index (χ3n) is 5.62. The Morgan fingerprint density at radius 3 is 2.36 bits per heavy atom. The number of piperazine rings is 1. The van der Waals surface area contributed by atoms with Gasteiger partial charge in [0.25, 0.3) is 5.91 Å². The molecule has 4 rings (SSSR count). The molecule has 1 fully saturated rings. The number of anilines is 1. The number of amides is 1. The Balaban J connectivity index is 1.33. The van der Waals surface area contributed by atoms with Crippen LogP contribution in [0.2, 0.25) is 10.0 Å². The number of carbonyl (C=O) groups is 1. The minimum absolute atomic E-state index is 0.0357. The van der Waals surface area contributed by atoms with Crippen LogP contribution in [0.15, 0.2) is 54.6 Å². The topological polar surface area (TPSA) is 58.6 Å². The van der Waals surface area contributed by atoms with E-state index < -0.39 is 0 Å². The van der Waals surface area contributed by atoms with Crippen molar-refractivity contribution < 1.29 is 9.53 Å². The molecule has 3 aromatic rings. The molecule has 1 aliphatic heterocycles. The maximum absolute atomic E-state index is 12.9. The van der Waals surface area contributed by atoms with Gasteiger partial charge >= 0.3 is 0 Å². The highest BCUT2D eigenvalue weighted by Gasteiger charge is 2.23. The summed E-state index contributed by atoms with van der Waals surface area (Å²) in [6.07, 6.45) is 2.11. The number of carbonyl (C=O) groups excluding carboxylic acids is 1. The number of rotatable bonds is 7. The second kappa shape index (κ2) is 10.9. The number of halogens is 2. The summed E-state index contributed by atoms with van der Waals surface area (Å²) in [5.74, 6) is 1.62. The zero-order valence-corrected chi connectivity index (χ0v) is 20.0. The number of hydrogen-bond donors (Lipinski definition) is 0. The Labute approximate surface area is 204 Å². The molecule has 0 unspecified atom stereocenters. The average molecular weight is 485 g/mol. The lowest BCUT2D eigenvalue weighted by Gasteiger charge is -2.35. The number of aromatic nitrogens is 2. The monoisotopic (exact) mass is 484 g/mol. The predicted molar refractivity (Wildman–Crippen MR) is 132 cm³/mol. The van der Waals surface area contributed by atoms with Gasteiger partial charge in [-0.15, -0.1) is 10.2 Å². The van der Waals surface area contributed by atoms with Gasteiger partial charge in [0.2, 0.25) is 0 Å². The lowest BCUT2D eigenvalue weighted by Crippen LogP contribution is -2.49. The number of nitrogens with zero attached hydrogens (tertiary/aromatic N) is 4. The molecule has 172 valence electrons. The molecule has 0 N–H and O–H groups in total. The number of ether oxygens (including phenoxy) is 1. The molecule has 1 aliphatic rings. The van der Waals surface area contributed by atoms with Crippen LogP contribution in [0.4, 0.5) is 5.82 Å². The van der Waals surface area contributed by atoms with Crippen molar-refractivity contribution in [2.45, 2.75) is 19.8 Å². The second-order valence-electron chi connectivity index (χ2n) is 7.91. The summed E-state index contributed by atoms with van der Waals surface area (Å²) in [6.45, 7) is 5.46. The Bertz CT molecular complexity index is 1080. The molecular weight excluding hydrogens is 459 g/mol.